The van der Waals surface area contributed by atoms with Crippen LogP contribution in [0.25, 0.3) is 22.3 Å². The van der Waals surface area contributed by atoms with Gasteiger partial charge >= 0.3 is 12.1 Å². The van der Waals surface area contributed by atoms with E-state index in [9.17, 15) is 22.8 Å². The zero-order valence-electron chi connectivity index (χ0n) is 18.8. The molecule has 0 fully saturated rings. The Morgan fingerprint density at radius 3 is 2.43 bits per heavy atom. The molecule has 1 atom stereocenters. The number of para-hydroxylation sites is 1. The van der Waals surface area contributed by atoms with Gasteiger partial charge in [0.25, 0.3) is 5.56 Å². The van der Waals surface area contributed by atoms with Crippen LogP contribution in [0.5, 0.6) is 5.75 Å². The molecular weight excluding hydrogens is 623 g/mol. The molecule has 1 heterocycles. The third-order valence-electron chi connectivity index (χ3n) is 5.19. The molecule has 0 unspecified atom stereocenters. The van der Waals surface area contributed by atoms with Crippen molar-refractivity contribution < 1.29 is 27.8 Å². The molecule has 0 amide bonds. The van der Waals surface area contributed by atoms with Crippen LogP contribution in [0.2, 0.25) is 0 Å². The van der Waals surface area contributed by atoms with Crippen molar-refractivity contribution in [1.82, 2.24) is 9.66 Å². The smallest absolute Gasteiger partial charge is 0.416 e. The molecule has 0 saturated carbocycles. The number of halogens is 5. The number of alkyl halides is 3. The number of carboxylic acids is 1. The van der Waals surface area contributed by atoms with Gasteiger partial charge < -0.3 is 9.84 Å². The molecule has 12 heteroatoms. The SMILES string of the molecule is C[C@@H](Oc1c(Br)cc(C=Nn2c(-c3cccc(C(F)(F)F)c3)nc3ccccc3c2=O)cc1Br)C(=O)O. The van der Waals surface area contributed by atoms with Crippen molar-refractivity contribution in [3.05, 3.63) is 91.1 Å². The molecule has 0 aliphatic rings. The van der Waals surface area contributed by atoms with Crippen LogP contribution < -0.4 is 10.3 Å². The van der Waals surface area contributed by atoms with Gasteiger partial charge in [0.2, 0.25) is 0 Å². The normalized spacial score (nSPS) is 12.7. The lowest BCUT2D eigenvalue weighted by Gasteiger charge is -2.14. The molecule has 0 aliphatic heterocycles. The molecular formula is C25H16Br2F3N3O4. The van der Waals surface area contributed by atoms with Crippen molar-refractivity contribution in [2.75, 3.05) is 0 Å². The van der Waals surface area contributed by atoms with Gasteiger partial charge in [-0.05, 0) is 80.7 Å². The first-order chi connectivity index (χ1) is 17.5. The second-order valence-electron chi connectivity index (χ2n) is 7.80. The highest BCUT2D eigenvalue weighted by atomic mass is 79.9. The van der Waals surface area contributed by atoms with Crippen molar-refractivity contribution in [2.45, 2.75) is 19.2 Å². The molecule has 1 N–H and O–H groups in total. The zero-order valence-corrected chi connectivity index (χ0v) is 22.0. The number of hydrogen-bond acceptors (Lipinski definition) is 5. The summed E-state index contributed by atoms with van der Waals surface area (Å²) in [7, 11) is 0. The van der Waals surface area contributed by atoms with E-state index in [-0.39, 0.29) is 22.5 Å². The van der Waals surface area contributed by atoms with Crippen LogP contribution in [-0.4, -0.2) is 33.1 Å². The first kappa shape index (κ1) is 26.6. The zero-order chi connectivity index (χ0) is 26.9. The van der Waals surface area contributed by atoms with E-state index in [4.69, 9.17) is 9.84 Å². The van der Waals surface area contributed by atoms with Gasteiger partial charge in [0.05, 0.1) is 31.6 Å². The summed E-state index contributed by atoms with van der Waals surface area (Å²) in [5.41, 5.74) is -0.608. The maximum Gasteiger partial charge on any atom is 0.416 e. The number of nitrogens with zero attached hydrogens (tertiary/aromatic N) is 3. The molecule has 0 spiro atoms. The predicted octanol–water partition coefficient (Wildman–Crippen LogP) is 6.34. The van der Waals surface area contributed by atoms with E-state index >= 15 is 0 Å². The Labute approximate surface area is 224 Å². The highest BCUT2D eigenvalue weighted by Gasteiger charge is 2.31. The summed E-state index contributed by atoms with van der Waals surface area (Å²) < 4.78 is 47.3. The molecule has 4 aromatic rings. The van der Waals surface area contributed by atoms with Crippen molar-refractivity contribution >= 4 is 54.9 Å². The van der Waals surface area contributed by atoms with Crippen LogP contribution in [0.1, 0.15) is 18.1 Å². The third-order valence-corrected chi connectivity index (χ3v) is 6.37. The van der Waals surface area contributed by atoms with E-state index in [0.29, 0.717) is 20.0 Å². The Hall–Kier alpha value is -3.51. The highest BCUT2D eigenvalue weighted by Crippen LogP contribution is 2.35. The van der Waals surface area contributed by atoms with Crippen molar-refractivity contribution in [3.8, 4) is 17.1 Å². The maximum absolute atomic E-state index is 13.3. The lowest BCUT2D eigenvalue weighted by molar-refractivity contribution is -0.144. The lowest BCUT2D eigenvalue weighted by Crippen LogP contribution is -2.23. The monoisotopic (exact) mass is 637 g/mol. The molecule has 1 aromatic heterocycles. The molecule has 3 aromatic carbocycles. The molecule has 0 saturated heterocycles. The third kappa shape index (κ3) is 5.75. The fourth-order valence-corrected chi connectivity index (χ4v) is 4.78. The van der Waals surface area contributed by atoms with Crippen molar-refractivity contribution in [3.63, 3.8) is 0 Å². The van der Waals surface area contributed by atoms with Crippen LogP contribution in [-0.2, 0) is 11.0 Å². The topological polar surface area (TPSA) is 93.8 Å². The van der Waals surface area contributed by atoms with Crippen LogP contribution in [0.15, 0.2) is 79.5 Å². The largest absolute Gasteiger partial charge is 0.479 e. The van der Waals surface area contributed by atoms with Gasteiger partial charge in [-0.1, -0.05) is 24.3 Å². The van der Waals surface area contributed by atoms with E-state index in [1.165, 1.54) is 25.3 Å². The molecule has 0 radical (unpaired) electrons. The average molecular weight is 639 g/mol. The first-order valence-electron chi connectivity index (χ1n) is 10.6. The molecule has 0 aliphatic carbocycles. The molecule has 37 heavy (non-hydrogen) atoms. The number of rotatable bonds is 6. The Balaban J connectivity index is 1.83. The van der Waals surface area contributed by atoms with Crippen molar-refractivity contribution in [2.24, 2.45) is 5.10 Å². The van der Waals surface area contributed by atoms with Crippen LogP contribution >= 0.6 is 31.9 Å². The predicted molar refractivity (Wildman–Crippen MR) is 139 cm³/mol. The van der Waals surface area contributed by atoms with E-state index in [2.05, 4.69) is 41.9 Å². The van der Waals surface area contributed by atoms with E-state index in [1.807, 2.05) is 0 Å². The minimum atomic E-state index is -4.58. The van der Waals surface area contributed by atoms with Gasteiger partial charge in [-0.2, -0.15) is 22.9 Å². The van der Waals surface area contributed by atoms with Gasteiger partial charge in [-0.15, -0.1) is 0 Å². The van der Waals surface area contributed by atoms with E-state index < -0.39 is 29.4 Å². The summed E-state index contributed by atoms with van der Waals surface area (Å²) in [5.74, 6) is -0.963. The van der Waals surface area contributed by atoms with Gasteiger partial charge in [0.15, 0.2) is 11.9 Å². The maximum atomic E-state index is 13.3. The summed E-state index contributed by atoms with van der Waals surface area (Å²) in [6.45, 7) is 1.38. The molecule has 4 rings (SSSR count). The first-order valence-corrected chi connectivity index (χ1v) is 12.2. The van der Waals surface area contributed by atoms with Crippen LogP contribution in [0, 0.1) is 0 Å². The number of carbonyl (C=O) groups is 1. The number of ether oxygens (including phenoxy) is 1. The van der Waals surface area contributed by atoms with E-state index in [0.717, 1.165) is 16.8 Å². The second-order valence-corrected chi connectivity index (χ2v) is 9.51. The fourth-order valence-electron chi connectivity index (χ4n) is 3.37. The fraction of sp³-hybridized carbons (Fsp3) is 0.120. The number of aromatic nitrogens is 2. The summed E-state index contributed by atoms with van der Waals surface area (Å²) in [6.07, 6.45) is -4.36. The molecule has 7 nitrogen and oxygen atoms in total. The number of aliphatic carboxylic acids is 1. The Kier molecular flexibility index (Phi) is 7.51. The highest BCUT2D eigenvalue weighted by molar-refractivity contribution is 9.11. The summed E-state index contributed by atoms with van der Waals surface area (Å²) in [4.78, 5) is 28.8. The number of benzene rings is 3. The average Bonchev–Trinajstić information content (AvgIpc) is 2.85. The Morgan fingerprint density at radius 1 is 1.11 bits per heavy atom. The summed E-state index contributed by atoms with van der Waals surface area (Å²) in [6, 6.07) is 14.1. The summed E-state index contributed by atoms with van der Waals surface area (Å²) >= 11 is 6.66. The lowest BCUT2D eigenvalue weighted by atomic mass is 10.1. The second kappa shape index (κ2) is 10.5. The number of carboxylic acid groups (broad SMARTS) is 1. The minimum Gasteiger partial charge on any atom is -0.479 e. The van der Waals surface area contributed by atoms with Gasteiger partial charge in [-0.3, -0.25) is 4.79 Å². The standard InChI is InChI=1S/C25H16Br2F3N3O4/c1-13(24(35)36)37-21-18(26)9-14(10-19(21)27)12-31-33-22(15-5-4-6-16(11-15)25(28,29)30)32-20-8-3-2-7-17(20)23(33)34/h2-13H,1H3,(H,35,36)/t13-/m1/s1. The van der Waals surface area contributed by atoms with Gasteiger partial charge in [0, 0.05) is 5.56 Å². The number of fused-ring (bicyclic) bond motifs is 1. The van der Waals surface area contributed by atoms with Gasteiger partial charge in [0.1, 0.15) is 5.75 Å². The minimum absolute atomic E-state index is 0.0589. The quantitative estimate of drug-likeness (QED) is 0.249. The summed E-state index contributed by atoms with van der Waals surface area (Å²) in [5, 5.41) is 13.6. The van der Waals surface area contributed by atoms with Crippen molar-refractivity contribution in [1.29, 1.82) is 0 Å². The molecule has 0 bridgehead atoms. The van der Waals surface area contributed by atoms with E-state index in [1.54, 1.807) is 36.4 Å². The van der Waals surface area contributed by atoms with Gasteiger partial charge in [-0.25, -0.2) is 9.78 Å². The molecule has 190 valence electrons. The Morgan fingerprint density at radius 2 is 1.78 bits per heavy atom. The Bertz CT molecular complexity index is 1580. The van der Waals surface area contributed by atoms with Crippen LogP contribution in [0.3, 0.4) is 0 Å². The van der Waals surface area contributed by atoms with Crippen LogP contribution in [0.4, 0.5) is 13.2 Å². The number of hydrogen-bond donors (Lipinski definition) is 1.